The van der Waals surface area contributed by atoms with E-state index < -0.39 is 0 Å². The van der Waals surface area contributed by atoms with Crippen LogP contribution in [0.5, 0.6) is 0 Å². The Kier molecular flexibility index (Phi) is 4.44. The first-order valence-corrected chi connectivity index (χ1v) is 5.64. The molecule has 76 valence electrons. The van der Waals surface area contributed by atoms with Crippen molar-refractivity contribution in [3.63, 3.8) is 0 Å². The summed E-state index contributed by atoms with van der Waals surface area (Å²) in [6.07, 6.45) is 0. The van der Waals surface area contributed by atoms with Gasteiger partial charge in [-0.05, 0) is 40.3 Å². The Labute approximate surface area is 106 Å². The van der Waals surface area contributed by atoms with Gasteiger partial charge in [0.2, 0.25) is 0 Å². The van der Waals surface area contributed by atoms with E-state index in [0.29, 0.717) is 20.8 Å². The Morgan fingerprint density at radius 1 is 1.36 bits per heavy atom. The SMILES string of the molecule is CNC(=S)Nc1ccc(Br)c(Cl)c1Cl. The third kappa shape index (κ3) is 2.73. The quantitative estimate of drug-likeness (QED) is 0.611. The molecule has 0 fully saturated rings. The zero-order valence-corrected chi connectivity index (χ0v) is 11.1. The van der Waals surface area contributed by atoms with Crippen molar-refractivity contribution in [3.8, 4) is 0 Å². The molecule has 0 unspecified atom stereocenters. The summed E-state index contributed by atoms with van der Waals surface area (Å²) in [7, 11) is 1.73. The number of benzene rings is 1. The average molecular weight is 314 g/mol. The number of hydrogen-bond donors (Lipinski definition) is 2. The largest absolute Gasteiger partial charge is 0.366 e. The van der Waals surface area contributed by atoms with Crippen LogP contribution < -0.4 is 10.6 Å². The van der Waals surface area contributed by atoms with E-state index in [1.165, 1.54) is 0 Å². The van der Waals surface area contributed by atoms with Crippen molar-refractivity contribution in [1.82, 2.24) is 5.32 Å². The summed E-state index contributed by atoms with van der Waals surface area (Å²) in [5, 5.41) is 7.09. The lowest BCUT2D eigenvalue weighted by Gasteiger charge is -2.10. The molecule has 0 atom stereocenters. The van der Waals surface area contributed by atoms with Crippen molar-refractivity contribution in [2.24, 2.45) is 0 Å². The maximum atomic E-state index is 5.99. The Bertz CT molecular complexity index is 371. The summed E-state index contributed by atoms with van der Waals surface area (Å²) < 4.78 is 0.755. The molecule has 0 aliphatic carbocycles. The van der Waals surface area contributed by atoms with Crippen molar-refractivity contribution in [2.75, 3.05) is 12.4 Å². The van der Waals surface area contributed by atoms with Crippen molar-refractivity contribution in [1.29, 1.82) is 0 Å². The lowest BCUT2D eigenvalue weighted by atomic mass is 10.3. The zero-order valence-electron chi connectivity index (χ0n) is 7.20. The Balaban J connectivity index is 3.00. The third-order valence-corrected chi connectivity index (χ3v) is 3.59. The van der Waals surface area contributed by atoms with Gasteiger partial charge in [-0.1, -0.05) is 23.2 Å². The normalized spacial score (nSPS) is 9.71. The smallest absolute Gasteiger partial charge is 0.170 e. The molecule has 1 aromatic carbocycles. The molecule has 2 nitrogen and oxygen atoms in total. The molecule has 0 bridgehead atoms. The molecule has 14 heavy (non-hydrogen) atoms. The summed E-state index contributed by atoms with van der Waals surface area (Å²) in [6.45, 7) is 0. The Hall–Kier alpha value is -0.0300. The second kappa shape index (κ2) is 5.16. The van der Waals surface area contributed by atoms with Crippen molar-refractivity contribution >= 4 is 62.1 Å². The Morgan fingerprint density at radius 2 is 2.00 bits per heavy atom. The van der Waals surface area contributed by atoms with Crippen LogP contribution in [-0.2, 0) is 0 Å². The van der Waals surface area contributed by atoms with Gasteiger partial charge in [0, 0.05) is 11.5 Å². The maximum absolute atomic E-state index is 5.99. The third-order valence-electron chi connectivity index (χ3n) is 1.51. The average Bonchev–Trinajstić information content (AvgIpc) is 2.19. The first kappa shape index (κ1) is 12.0. The minimum absolute atomic E-state index is 0.443. The van der Waals surface area contributed by atoms with E-state index in [-0.39, 0.29) is 0 Å². The number of nitrogens with one attached hydrogen (secondary N) is 2. The number of anilines is 1. The van der Waals surface area contributed by atoms with E-state index in [4.69, 9.17) is 35.4 Å². The summed E-state index contributed by atoms with van der Waals surface area (Å²) in [6, 6.07) is 3.59. The predicted octanol–water partition coefficient (Wildman–Crippen LogP) is 3.67. The highest BCUT2D eigenvalue weighted by molar-refractivity contribution is 9.10. The fourth-order valence-corrected chi connectivity index (χ4v) is 1.74. The monoisotopic (exact) mass is 312 g/mol. The van der Waals surface area contributed by atoms with Crippen LogP contribution in [0.2, 0.25) is 10.0 Å². The fourth-order valence-electron chi connectivity index (χ4n) is 0.807. The number of halogens is 3. The maximum Gasteiger partial charge on any atom is 0.170 e. The van der Waals surface area contributed by atoms with Crippen molar-refractivity contribution < 1.29 is 0 Å². The van der Waals surface area contributed by atoms with E-state index in [0.717, 1.165) is 4.47 Å². The van der Waals surface area contributed by atoms with E-state index in [9.17, 15) is 0 Å². The standard InChI is InChI=1S/C8H7BrCl2N2S/c1-12-8(14)13-5-3-2-4(9)6(10)7(5)11/h2-3H,1H3,(H2,12,13,14). The number of rotatable bonds is 1. The number of hydrogen-bond acceptors (Lipinski definition) is 1. The lowest BCUT2D eigenvalue weighted by molar-refractivity contribution is 1.20. The van der Waals surface area contributed by atoms with Crippen LogP contribution in [-0.4, -0.2) is 12.2 Å². The molecule has 0 radical (unpaired) electrons. The van der Waals surface area contributed by atoms with E-state index >= 15 is 0 Å². The van der Waals surface area contributed by atoms with Crippen LogP contribution in [0.3, 0.4) is 0 Å². The molecule has 2 N–H and O–H groups in total. The molecule has 6 heteroatoms. The highest BCUT2D eigenvalue weighted by Gasteiger charge is 2.08. The lowest BCUT2D eigenvalue weighted by Crippen LogP contribution is -2.24. The molecular weight excluding hydrogens is 307 g/mol. The molecule has 0 aromatic heterocycles. The predicted molar refractivity (Wildman–Crippen MR) is 69.4 cm³/mol. The summed E-state index contributed by atoms with van der Waals surface area (Å²) >= 11 is 20.1. The molecule has 0 spiro atoms. The van der Waals surface area contributed by atoms with Gasteiger partial charge in [-0.15, -0.1) is 0 Å². The molecule has 1 aromatic rings. The van der Waals surface area contributed by atoms with E-state index in [2.05, 4.69) is 26.6 Å². The van der Waals surface area contributed by atoms with Gasteiger partial charge >= 0.3 is 0 Å². The Morgan fingerprint density at radius 3 is 2.57 bits per heavy atom. The zero-order chi connectivity index (χ0) is 10.7. The molecule has 0 aliphatic heterocycles. The molecule has 0 aliphatic rings. The summed E-state index contributed by atoms with van der Waals surface area (Å²) in [4.78, 5) is 0. The molecule has 0 amide bonds. The van der Waals surface area contributed by atoms with Crippen LogP contribution in [0.4, 0.5) is 5.69 Å². The van der Waals surface area contributed by atoms with E-state index in [1.807, 2.05) is 0 Å². The topological polar surface area (TPSA) is 24.1 Å². The van der Waals surface area contributed by atoms with Gasteiger partial charge in [0.05, 0.1) is 15.7 Å². The van der Waals surface area contributed by atoms with Gasteiger partial charge in [0.15, 0.2) is 5.11 Å². The number of thiocarbonyl (C=S) groups is 1. The first-order chi connectivity index (χ1) is 6.56. The summed E-state index contributed by atoms with van der Waals surface area (Å²) in [5.74, 6) is 0. The molecule has 0 saturated carbocycles. The van der Waals surface area contributed by atoms with Gasteiger partial charge in [-0.3, -0.25) is 0 Å². The highest BCUT2D eigenvalue weighted by atomic mass is 79.9. The first-order valence-electron chi connectivity index (χ1n) is 3.68. The van der Waals surface area contributed by atoms with Crippen LogP contribution in [0.15, 0.2) is 16.6 Å². The van der Waals surface area contributed by atoms with Crippen LogP contribution in [0, 0.1) is 0 Å². The van der Waals surface area contributed by atoms with Crippen LogP contribution in [0.25, 0.3) is 0 Å². The van der Waals surface area contributed by atoms with Crippen LogP contribution in [0.1, 0.15) is 0 Å². The van der Waals surface area contributed by atoms with Gasteiger partial charge in [-0.2, -0.15) is 0 Å². The summed E-state index contributed by atoms with van der Waals surface area (Å²) in [5.41, 5.74) is 0.680. The molecular formula is C8H7BrCl2N2S. The van der Waals surface area contributed by atoms with Crippen molar-refractivity contribution in [2.45, 2.75) is 0 Å². The minimum atomic E-state index is 0.443. The fraction of sp³-hybridized carbons (Fsp3) is 0.125. The van der Waals surface area contributed by atoms with Gasteiger partial charge in [-0.25, -0.2) is 0 Å². The van der Waals surface area contributed by atoms with Gasteiger partial charge in [0.25, 0.3) is 0 Å². The van der Waals surface area contributed by atoms with E-state index in [1.54, 1.807) is 19.2 Å². The van der Waals surface area contributed by atoms with Gasteiger partial charge in [0.1, 0.15) is 0 Å². The van der Waals surface area contributed by atoms with Gasteiger partial charge < -0.3 is 10.6 Å². The minimum Gasteiger partial charge on any atom is -0.366 e. The molecule has 0 heterocycles. The highest BCUT2D eigenvalue weighted by Crippen LogP contribution is 2.35. The molecule has 1 rings (SSSR count). The van der Waals surface area contributed by atoms with Crippen LogP contribution >= 0.6 is 51.3 Å². The molecule has 0 saturated heterocycles. The second-order valence-corrected chi connectivity index (χ2v) is 4.45. The van der Waals surface area contributed by atoms with Crippen molar-refractivity contribution in [3.05, 3.63) is 26.7 Å². The second-order valence-electron chi connectivity index (χ2n) is 2.43.